The summed E-state index contributed by atoms with van der Waals surface area (Å²) in [5.41, 5.74) is 0. The summed E-state index contributed by atoms with van der Waals surface area (Å²) in [4.78, 5) is 0. The monoisotopic (exact) mass is 184 g/mol. The molecule has 6 heteroatoms. The summed E-state index contributed by atoms with van der Waals surface area (Å²) in [7, 11) is -2.90. The summed E-state index contributed by atoms with van der Waals surface area (Å²) in [6, 6.07) is 0. The van der Waals surface area contributed by atoms with Gasteiger partial charge in [0.15, 0.2) is 0 Å². The Morgan fingerprint density at radius 2 is 2.09 bits per heavy atom. The maximum absolute atomic E-state index is 10.6. The molecule has 0 bridgehead atoms. The summed E-state index contributed by atoms with van der Waals surface area (Å²) in [5.74, 6) is 0. The van der Waals surface area contributed by atoms with Gasteiger partial charge in [-0.25, -0.2) is 4.18 Å². The highest BCUT2D eigenvalue weighted by Gasteiger charge is 2.16. The van der Waals surface area contributed by atoms with Crippen LogP contribution in [-0.2, 0) is 18.8 Å². The largest absolute Gasteiger partial charge is 0.399 e. The Morgan fingerprint density at radius 1 is 1.55 bits per heavy atom. The molecule has 11 heavy (non-hydrogen) atoms. The van der Waals surface area contributed by atoms with Crippen molar-refractivity contribution in [2.24, 2.45) is 0 Å². The molecule has 0 heterocycles. The van der Waals surface area contributed by atoms with Crippen LogP contribution in [0.1, 0.15) is 13.3 Å². The Bertz CT molecular complexity index is 181. The molecule has 0 aliphatic carbocycles. The first-order valence-corrected chi connectivity index (χ1v) is 4.48. The molecule has 0 rings (SSSR count). The van der Waals surface area contributed by atoms with E-state index in [2.05, 4.69) is 8.37 Å². The maximum atomic E-state index is 10.6. The van der Waals surface area contributed by atoms with Gasteiger partial charge in [-0.1, -0.05) is 6.92 Å². The van der Waals surface area contributed by atoms with E-state index >= 15 is 0 Å². The molecule has 68 valence electrons. The van der Waals surface area contributed by atoms with Crippen molar-refractivity contribution in [3.05, 3.63) is 0 Å². The van der Waals surface area contributed by atoms with Gasteiger partial charge in [-0.3, -0.25) is 4.18 Å². The number of hydrogen-bond donors (Lipinski definition) is 1. The molecule has 0 aliphatic heterocycles. The Balaban J connectivity index is 4.01. The normalized spacial score (nSPS) is 14.8. The predicted octanol–water partition coefficient (Wildman–Crippen LogP) is -0.335. The van der Waals surface area contributed by atoms with E-state index in [-0.39, 0.29) is 6.61 Å². The first-order valence-electron chi connectivity index (χ1n) is 3.15. The molecule has 0 fully saturated rings. The van der Waals surface area contributed by atoms with Gasteiger partial charge in [0.25, 0.3) is 0 Å². The van der Waals surface area contributed by atoms with Gasteiger partial charge in [-0.15, -0.1) is 0 Å². The quantitative estimate of drug-likeness (QED) is 0.633. The molecule has 0 saturated carbocycles. The third-order valence-corrected chi connectivity index (χ3v) is 2.03. The fourth-order valence-electron chi connectivity index (χ4n) is 0.434. The van der Waals surface area contributed by atoms with Crippen molar-refractivity contribution >= 4 is 10.4 Å². The number of aliphatic hydroxyl groups excluding tert-OH is 1. The highest BCUT2D eigenvalue weighted by Crippen LogP contribution is 2.03. The lowest BCUT2D eigenvalue weighted by Crippen LogP contribution is -2.21. The first kappa shape index (κ1) is 10.8. The van der Waals surface area contributed by atoms with E-state index < -0.39 is 16.5 Å². The van der Waals surface area contributed by atoms with Gasteiger partial charge >= 0.3 is 10.4 Å². The predicted molar refractivity (Wildman–Crippen MR) is 38.2 cm³/mol. The molecule has 0 aliphatic rings. The highest BCUT2D eigenvalue weighted by molar-refractivity contribution is 7.81. The van der Waals surface area contributed by atoms with E-state index in [1.807, 2.05) is 0 Å². The summed E-state index contributed by atoms with van der Waals surface area (Å²) in [5, 5.41) is 8.54. The molecule has 5 nitrogen and oxygen atoms in total. The fourth-order valence-corrected chi connectivity index (χ4v) is 1.04. The molecule has 0 spiro atoms. The van der Waals surface area contributed by atoms with Crippen LogP contribution in [0.2, 0.25) is 0 Å². The average molecular weight is 184 g/mol. The van der Waals surface area contributed by atoms with E-state index in [4.69, 9.17) is 5.11 Å². The second-order valence-electron chi connectivity index (χ2n) is 1.88. The molecule has 0 aromatic rings. The van der Waals surface area contributed by atoms with Gasteiger partial charge in [0.1, 0.15) is 6.10 Å². The second kappa shape index (κ2) is 4.66. The SMILES string of the molecule is CCC(CO)OS(=O)(=O)OC. The van der Waals surface area contributed by atoms with Crippen LogP contribution in [0.15, 0.2) is 0 Å². The van der Waals surface area contributed by atoms with E-state index in [1.165, 1.54) is 0 Å². The van der Waals surface area contributed by atoms with Gasteiger partial charge in [-0.05, 0) is 6.42 Å². The minimum absolute atomic E-state index is 0.334. The van der Waals surface area contributed by atoms with Crippen molar-refractivity contribution in [2.45, 2.75) is 19.4 Å². The van der Waals surface area contributed by atoms with Crippen LogP contribution in [0.5, 0.6) is 0 Å². The molecule has 0 aromatic carbocycles. The van der Waals surface area contributed by atoms with Gasteiger partial charge in [0.2, 0.25) is 0 Å². The van der Waals surface area contributed by atoms with Crippen molar-refractivity contribution in [1.82, 2.24) is 0 Å². The van der Waals surface area contributed by atoms with Crippen molar-refractivity contribution < 1.29 is 21.9 Å². The van der Waals surface area contributed by atoms with Crippen molar-refractivity contribution in [2.75, 3.05) is 13.7 Å². The van der Waals surface area contributed by atoms with Crippen LogP contribution in [0.25, 0.3) is 0 Å². The van der Waals surface area contributed by atoms with E-state index in [9.17, 15) is 8.42 Å². The molecule has 1 unspecified atom stereocenters. The topological polar surface area (TPSA) is 72.8 Å². The van der Waals surface area contributed by atoms with Crippen molar-refractivity contribution in [3.8, 4) is 0 Å². The highest BCUT2D eigenvalue weighted by atomic mass is 32.3. The van der Waals surface area contributed by atoms with E-state index in [0.717, 1.165) is 7.11 Å². The van der Waals surface area contributed by atoms with Gasteiger partial charge in [0.05, 0.1) is 13.7 Å². The lowest BCUT2D eigenvalue weighted by atomic mass is 10.3. The Labute approximate surface area is 66.3 Å². The lowest BCUT2D eigenvalue weighted by Gasteiger charge is -2.10. The third-order valence-electron chi connectivity index (χ3n) is 1.12. The van der Waals surface area contributed by atoms with Crippen LogP contribution in [0, 0.1) is 0 Å². The second-order valence-corrected chi connectivity index (χ2v) is 3.23. The zero-order valence-corrected chi connectivity index (χ0v) is 7.30. The van der Waals surface area contributed by atoms with E-state index in [0.29, 0.717) is 6.42 Å². The molecule has 1 atom stereocenters. The summed E-state index contributed by atoms with van der Waals surface area (Å²) >= 11 is 0. The minimum atomic E-state index is -3.90. The molecule has 0 saturated heterocycles. The van der Waals surface area contributed by atoms with Gasteiger partial charge in [0, 0.05) is 0 Å². The van der Waals surface area contributed by atoms with E-state index in [1.54, 1.807) is 6.92 Å². The standard InChI is InChI=1S/C5H12O5S/c1-3-5(4-6)10-11(7,8)9-2/h5-6H,3-4H2,1-2H3. The lowest BCUT2D eigenvalue weighted by molar-refractivity contribution is 0.100. The van der Waals surface area contributed by atoms with Gasteiger partial charge < -0.3 is 5.11 Å². The van der Waals surface area contributed by atoms with Crippen LogP contribution < -0.4 is 0 Å². The van der Waals surface area contributed by atoms with Crippen molar-refractivity contribution in [1.29, 1.82) is 0 Å². The third kappa shape index (κ3) is 4.31. The Hall–Kier alpha value is -0.170. The molecular formula is C5H12O5S. The number of aliphatic hydroxyl groups is 1. The van der Waals surface area contributed by atoms with Gasteiger partial charge in [-0.2, -0.15) is 8.42 Å². The van der Waals surface area contributed by atoms with Crippen LogP contribution in [0.4, 0.5) is 0 Å². The molecule has 0 aromatic heterocycles. The van der Waals surface area contributed by atoms with Crippen LogP contribution >= 0.6 is 0 Å². The molecule has 0 amide bonds. The minimum Gasteiger partial charge on any atom is -0.394 e. The Kier molecular flexibility index (Phi) is 4.58. The zero-order valence-electron chi connectivity index (χ0n) is 6.48. The van der Waals surface area contributed by atoms with Crippen LogP contribution in [-0.4, -0.2) is 33.3 Å². The number of hydrogen-bond acceptors (Lipinski definition) is 5. The molecule has 0 radical (unpaired) electrons. The molecular weight excluding hydrogens is 172 g/mol. The number of rotatable bonds is 5. The zero-order chi connectivity index (χ0) is 8.91. The summed E-state index contributed by atoms with van der Waals surface area (Å²) in [6.07, 6.45) is -0.293. The average Bonchev–Trinajstić information content (AvgIpc) is 2.00. The fraction of sp³-hybridized carbons (Fsp3) is 1.00. The smallest absolute Gasteiger partial charge is 0.394 e. The summed E-state index contributed by atoms with van der Waals surface area (Å²) < 4.78 is 29.5. The maximum Gasteiger partial charge on any atom is 0.399 e. The Morgan fingerprint density at radius 3 is 2.36 bits per heavy atom. The summed E-state index contributed by atoms with van der Waals surface area (Å²) in [6.45, 7) is 1.37. The molecule has 1 N–H and O–H groups in total. The van der Waals surface area contributed by atoms with Crippen molar-refractivity contribution in [3.63, 3.8) is 0 Å². The van der Waals surface area contributed by atoms with Crippen LogP contribution in [0.3, 0.4) is 0 Å². The first-order chi connectivity index (χ1) is 5.05.